The van der Waals surface area contributed by atoms with Gasteiger partial charge in [-0.3, -0.25) is 4.79 Å². The van der Waals surface area contributed by atoms with E-state index in [-0.39, 0.29) is 0 Å². The van der Waals surface area contributed by atoms with Crippen molar-refractivity contribution in [3.05, 3.63) is 50.9 Å². The van der Waals surface area contributed by atoms with Crippen LogP contribution in [-0.2, 0) is 11.2 Å². The molecule has 0 radical (unpaired) electrons. The van der Waals surface area contributed by atoms with E-state index in [2.05, 4.69) is 20.9 Å². The highest BCUT2D eigenvalue weighted by atomic mass is 79.9. The standard InChI is InChI=1S/C12H10BrNO2S/c13-10-4-2-1-3-8(10)9(12(15)16)7-11-14-5-6-17-11/h1-6,9H,7H2,(H,15,16). The SMILES string of the molecule is O=C(O)C(Cc1nccs1)c1ccccc1Br. The molecule has 17 heavy (non-hydrogen) atoms. The number of halogens is 1. The summed E-state index contributed by atoms with van der Waals surface area (Å²) < 4.78 is 0.823. The van der Waals surface area contributed by atoms with Gasteiger partial charge in [-0.2, -0.15) is 0 Å². The Hall–Kier alpha value is -1.20. The molecule has 0 fully saturated rings. The highest BCUT2D eigenvalue weighted by Crippen LogP contribution is 2.28. The van der Waals surface area contributed by atoms with Crippen molar-refractivity contribution in [1.82, 2.24) is 4.98 Å². The molecular formula is C12H10BrNO2S. The third-order valence-electron chi connectivity index (χ3n) is 2.44. The Kier molecular flexibility index (Phi) is 3.91. The predicted molar refractivity (Wildman–Crippen MR) is 70.3 cm³/mol. The van der Waals surface area contributed by atoms with E-state index >= 15 is 0 Å². The lowest BCUT2D eigenvalue weighted by molar-refractivity contribution is -0.138. The average Bonchev–Trinajstić information content (AvgIpc) is 2.79. The van der Waals surface area contributed by atoms with Crippen LogP contribution in [0.15, 0.2) is 40.3 Å². The maximum Gasteiger partial charge on any atom is 0.311 e. The molecule has 1 heterocycles. The molecule has 2 aromatic rings. The smallest absolute Gasteiger partial charge is 0.311 e. The van der Waals surface area contributed by atoms with Gasteiger partial charge in [0.2, 0.25) is 0 Å². The fraction of sp³-hybridized carbons (Fsp3) is 0.167. The quantitative estimate of drug-likeness (QED) is 0.942. The second-order valence-electron chi connectivity index (χ2n) is 3.54. The number of benzene rings is 1. The first-order chi connectivity index (χ1) is 8.18. The van der Waals surface area contributed by atoms with E-state index in [1.54, 1.807) is 6.20 Å². The van der Waals surface area contributed by atoms with Gasteiger partial charge in [-0.1, -0.05) is 34.1 Å². The fourth-order valence-electron chi connectivity index (χ4n) is 1.62. The van der Waals surface area contributed by atoms with Crippen molar-refractivity contribution < 1.29 is 9.90 Å². The van der Waals surface area contributed by atoms with Crippen molar-refractivity contribution in [1.29, 1.82) is 0 Å². The molecule has 0 amide bonds. The van der Waals surface area contributed by atoms with Gasteiger partial charge in [0.25, 0.3) is 0 Å². The number of carboxylic acid groups (broad SMARTS) is 1. The molecule has 0 saturated carbocycles. The lowest BCUT2D eigenvalue weighted by atomic mass is 9.96. The first-order valence-electron chi connectivity index (χ1n) is 5.04. The maximum absolute atomic E-state index is 11.3. The van der Waals surface area contributed by atoms with Crippen LogP contribution in [-0.4, -0.2) is 16.1 Å². The van der Waals surface area contributed by atoms with E-state index in [4.69, 9.17) is 0 Å². The van der Waals surface area contributed by atoms with Gasteiger partial charge in [0.05, 0.1) is 10.9 Å². The molecule has 1 unspecified atom stereocenters. The lowest BCUT2D eigenvalue weighted by Crippen LogP contribution is -2.14. The summed E-state index contributed by atoms with van der Waals surface area (Å²) in [7, 11) is 0. The summed E-state index contributed by atoms with van der Waals surface area (Å²) in [6, 6.07) is 7.40. The van der Waals surface area contributed by atoms with Crippen LogP contribution in [0, 0.1) is 0 Å². The number of thiazole rings is 1. The van der Waals surface area contributed by atoms with E-state index in [1.165, 1.54) is 11.3 Å². The number of aliphatic carboxylic acids is 1. The van der Waals surface area contributed by atoms with Gasteiger partial charge in [-0.15, -0.1) is 11.3 Å². The number of hydrogen-bond donors (Lipinski definition) is 1. The van der Waals surface area contributed by atoms with Crippen LogP contribution in [0.2, 0.25) is 0 Å². The van der Waals surface area contributed by atoms with Gasteiger partial charge >= 0.3 is 5.97 Å². The van der Waals surface area contributed by atoms with E-state index < -0.39 is 11.9 Å². The van der Waals surface area contributed by atoms with Crippen LogP contribution in [0.1, 0.15) is 16.5 Å². The minimum Gasteiger partial charge on any atom is -0.481 e. The van der Waals surface area contributed by atoms with Crippen molar-refractivity contribution in [3.8, 4) is 0 Å². The van der Waals surface area contributed by atoms with Crippen molar-refractivity contribution in [2.75, 3.05) is 0 Å². The highest BCUT2D eigenvalue weighted by molar-refractivity contribution is 9.10. The molecule has 1 aromatic carbocycles. The molecule has 3 nitrogen and oxygen atoms in total. The fourth-order valence-corrected chi connectivity index (χ4v) is 2.84. The van der Waals surface area contributed by atoms with Crippen molar-refractivity contribution in [2.45, 2.75) is 12.3 Å². The molecule has 0 aliphatic carbocycles. The van der Waals surface area contributed by atoms with Gasteiger partial charge in [0.1, 0.15) is 0 Å². The molecule has 0 spiro atoms. The number of rotatable bonds is 4. The third-order valence-corrected chi connectivity index (χ3v) is 3.97. The summed E-state index contributed by atoms with van der Waals surface area (Å²) in [5.74, 6) is -1.39. The lowest BCUT2D eigenvalue weighted by Gasteiger charge is -2.12. The Morgan fingerprint density at radius 2 is 2.24 bits per heavy atom. The minimum absolute atomic E-state index is 0.426. The number of hydrogen-bond acceptors (Lipinski definition) is 3. The topological polar surface area (TPSA) is 50.2 Å². The molecule has 0 bridgehead atoms. The zero-order valence-electron chi connectivity index (χ0n) is 8.84. The monoisotopic (exact) mass is 311 g/mol. The predicted octanol–water partition coefficient (Wildman–Crippen LogP) is 3.32. The molecular weight excluding hydrogens is 302 g/mol. The molecule has 5 heteroatoms. The van der Waals surface area contributed by atoms with Crippen LogP contribution in [0.4, 0.5) is 0 Å². The van der Waals surface area contributed by atoms with Gasteiger partial charge in [-0.05, 0) is 11.6 Å². The first-order valence-corrected chi connectivity index (χ1v) is 6.71. The van der Waals surface area contributed by atoms with Crippen LogP contribution in [0.3, 0.4) is 0 Å². The summed E-state index contributed by atoms with van der Waals surface area (Å²) in [5.41, 5.74) is 0.787. The summed E-state index contributed by atoms with van der Waals surface area (Å²) in [6.07, 6.45) is 2.12. The van der Waals surface area contributed by atoms with Gasteiger partial charge in [0.15, 0.2) is 0 Å². The zero-order chi connectivity index (χ0) is 12.3. The summed E-state index contributed by atoms with van der Waals surface area (Å²) in [6.45, 7) is 0. The molecule has 0 aliphatic rings. The molecule has 2 rings (SSSR count). The Balaban J connectivity index is 2.30. The molecule has 1 atom stereocenters. The molecule has 1 aromatic heterocycles. The second kappa shape index (κ2) is 5.42. The van der Waals surface area contributed by atoms with Gasteiger partial charge in [-0.25, -0.2) is 4.98 Å². The second-order valence-corrected chi connectivity index (χ2v) is 5.38. The van der Waals surface area contributed by atoms with Crippen LogP contribution >= 0.6 is 27.3 Å². The molecule has 0 aliphatic heterocycles. The largest absolute Gasteiger partial charge is 0.481 e. The molecule has 1 N–H and O–H groups in total. The normalized spacial score (nSPS) is 12.3. The van der Waals surface area contributed by atoms with Crippen LogP contribution in [0.5, 0.6) is 0 Å². The Morgan fingerprint density at radius 1 is 1.47 bits per heavy atom. The molecule has 0 saturated heterocycles. The summed E-state index contributed by atoms with van der Waals surface area (Å²) >= 11 is 4.87. The maximum atomic E-state index is 11.3. The van der Waals surface area contributed by atoms with Crippen LogP contribution < -0.4 is 0 Å². The van der Waals surface area contributed by atoms with E-state index in [0.717, 1.165) is 15.0 Å². The van der Waals surface area contributed by atoms with Crippen molar-refractivity contribution in [2.24, 2.45) is 0 Å². The zero-order valence-corrected chi connectivity index (χ0v) is 11.2. The van der Waals surface area contributed by atoms with E-state index in [9.17, 15) is 9.90 Å². The summed E-state index contributed by atoms with van der Waals surface area (Å²) in [5, 5.41) is 12.0. The number of carbonyl (C=O) groups is 1. The number of carboxylic acids is 1. The Morgan fingerprint density at radius 3 is 2.82 bits per heavy atom. The number of aromatic nitrogens is 1. The van der Waals surface area contributed by atoms with Crippen molar-refractivity contribution in [3.63, 3.8) is 0 Å². The third kappa shape index (κ3) is 2.92. The van der Waals surface area contributed by atoms with Gasteiger partial charge < -0.3 is 5.11 Å². The first kappa shape index (κ1) is 12.3. The van der Waals surface area contributed by atoms with Gasteiger partial charge in [0, 0.05) is 22.5 Å². The highest BCUT2D eigenvalue weighted by Gasteiger charge is 2.23. The number of nitrogens with zero attached hydrogens (tertiary/aromatic N) is 1. The van der Waals surface area contributed by atoms with Crippen LogP contribution in [0.25, 0.3) is 0 Å². The van der Waals surface area contributed by atoms with Crippen molar-refractivity contribution >= 4 is 33.2 Å². The van der Waals surface area contributed by atoms with E-state index in [1.807, 2.05) is 29.6 Å². The average molecular weight is 312 g/mol. The Labute approximate surface area is 111 Å². The Bertz CT molecular complexity index is 513. The summed E-state index contributed by atoms with van der Waals surface area (Å²) in [4.78, 5) is 15.5. The molecule has 88 valence electrons. The van der Waals surface area contributed by atoms with E-state index in [0.29, 0.717) is 6.42 Å². The minimum atomic E-state index is -0.827.